The van der Waals surface area contributed by atoms with Crippen molar-refractivity contribution in [2.24, 2.45) is 16.7 Å². The average Bonchev–Trinajstić information content (AvgIpc) is 3.64. The number of rotatable bonds is 6. The normalized spacial score (nSPS) is 38.5. The van der Waals surface area contributed by atoms with E-state index >= 15 is 0 Å². The van der Waals surface area contributed by atoms with Crippen LogP contribution in [0.2, 0.25) is 0 Å². The summed E-state index contributed by atoms with van der Waals surface area (Å²) in [6.45, 7) is 10.9. The summed E-state index contributed by atoms with van der Waals surface area (Å²) in [5.74, 6) is 1.62. The number of nitrogens with zero attached hydrogens (tertiary/aromatic N) is 1. The number of piperidine rings is 1. The molecule has 5 aliphatic rings. The van der Waals surface area contributed by atoms with Crippen molar-refractivity contribution in [1.29, 1.82) is 0 Å². The summed E-state index contributed by atoms with van der Waals surface area (Å²) in [5, 5.41) is 23.1. The molecule has 7 atom stereocenters. The third-order valence-electron chi connectivity index (χ3n) is 10.9. The van der Waals surface area contributed by atoms with Crippen molar-refractivity contribution < 1.29 is 19.7 Å². The quantitative estimate of drug-likeness (QED) is 0.541. The van der Waals surface area contributed by atoms with Crippen LogP contribution >= 0.6 is 0 Å². The second-order valence-electron chi connectivity index (χ2n) is 12.8. The summed E-state index contributed by atoms with van der Waals surface area (Å²) in [4.78, 5) is 2.72. The minimum atomic E-state index is -0.730. The number of hydrogen-bond acceptors (Lipinski definition) is 5. The first-order chi connectivity index (χ1) is 17.8. The van der Waals surface area contributed by atoms with Crippen LogP contribution in [0.15, 0.2) is 49.1 Å². The summed E-state index contributed by atoms with van der Waals surface area (Å²) >= 11 is 0. The molecule has 0 radical (unpaired) electrons. The maximum Gasteiger partial charge on any atom is 0.165 e. The first-order valence-electron chi connectivity index (χ1n) is 14.0. The monoisotopic (exact) mass is 501 g/mol. The van der Waals surface area contributed by atoms with Gasteiger partial charge in [-0.1, -0.05) is 48.9 Å². The van der Waals surface area contributed by atoms with E-state index in [1.807, 2.05) is 12.1 Å². The molecule has 2 heterocycles. The van der Waals surface area contributed by atoms with E-state index in [2.05, 4.69) is 49.6 Å². The summed E-state index contributed by atoms with van der Waals surface area (Å²) in [7, 11) is 1.75. The Hall–Kier alpha value is -2.34. The van der Waals surface area contributed by atoms with Crippen LogP contribution in [0.4, 0.5) is 0 Å². The summed E-state index contributed by atoms with van der Waals surface area (Å²) < 4.78 is 13.1. The molecule has 2 N–H and O–H groups in total. The van der Waals surface area contributed by atoms with Crippen LogP contribution in [-0.4, -0.2) is 53.6 Å². The van der Waals surface area contributed by atoms with Gasteiger partial charge in [0.1, 0.15) is 12.2 Å². The van der Waals surface area contributed by atoms with Crippen LogP contribution in [0, 0.1) is 23.7 Å². The smallest absolute Gasteiger partial charge is 0.165 e. The Morgan fingerprint density at radius 2 is 1.97 bits per heavy atom. The lowest BCUT2D eigenvalue weighted by Crippen LogP contribution is -2.76. The molecule has 3 fully saturated rings. The molecule has 1 spiro atoms. The fraction of sp³-hybridized carbons (Fsp3) is 0.562. The minimum absolute atomic E-state index is 0.204. The molecule has 1 saturated heterocycles. The number of aryl methyl sites for hydroxylation is 1. The number of benzene rings is 2. The van der Waals surface area contributed by atoms with Crippen LogP contribution in [-0.2, 0) is 16.6 Å². The third kappa shape index (κ3) is 2.91. The number of hydrogen-bond donors (Lipinski definition) is 2. The first-order valence-corrected chi connectivity index (χ1v) is 14.0. The van der Waals surface area contributed by atoms with E-state index in [0.29, 0.717) is 5.75 Å². The molecule has 37 heavy (non-hydrogen) atoms. The number of aliphatic hydroxyl groups is 1. The van der Waals surface area contributed by atoms with Gasteiger partial charge in [0.2, 0.25) is 0 Å². The molecule has 2 bridgehead atoms. The molecule has 196 valence electrons. The molecule has 0 aromatic heterocycles. The molecule has 2 aliphatic heterocycles. The lowest BCUT2D eigenvalue weighted by molar-refractivity contribution is -0.224. The number of aromatic hydroxyl groups is 1. The molecule has 2 saturated carbocycles. The SMILES string of the molecule is C=C[C@@]12C[C@](C)([C@@H](O)c3ccc(C)cc3)C(OC)[C@H]3Oc4c(O)ccc5c4[C@]31CCN(CC1CC1)[C@H]2C5. The summed E-state index contributed by atoms with van der Waals surface area (Å²) in [6, 6.07) is 12.4. The highest BCUT2D eigenvalue weighted by atomic mass is 16.5. The van der Waals surface area contributed by atoms with Gasteiger partial charge in [-0.3, -0.25) is 4.90 Å². The molecule has 2 aromatic rings. The van der Waals surface area contributed by atoms with Gasteiger partial charge in [-0.15, -0.1) is 6.58 Å². The van der Waals surface area contributed by atoms with Crippen molar-refractivity contribution in [3.8, 4) is 11.5 Å². The van der Waals surface area contributed by atoms with Gasteiger partial charge >= 0.3 is 0 Å². The predicted molar refractivity (Wildman–Crippen MR) is 143 cm³/mol. The first kappa shape index (κ1) is 23.8. The van der Waals surface area contributed by atoms with Crippen LogP contribution < -0.4 is 4.74 Å². The van der Waals surface area contributed by atoms with Gasteiger partial charge in [-0.05, 0) is 68.7 Å². The van der Waals surface area contributed by atoms with Crippen molar-refractivity contribution in [2.75, 3.05) is 20.2 Å². The van der Waals surface area contributed by atoms with Gasteiger partial charge < -0.3 is 19.7 Å². The molecule has 0 amide bonds. The van der Waals surface area contributed by atoms with E-state index in [1.165, 1.54) is 29.5 Å². The number of aliphatic hydroxyl groups excluding tert-OH is 1. The van der Waals surface area contributed by atoms with Crippen molar-refractivity contribution in [3.05, 3.63) is 71.3 Å². The number of ether oxygens (including phenoxy) is 2. The second-order valence-corrected chi connectivity index (χ2v) is 12.8. The van der Waals surface area contributed by atoms with E-state index in [9.17, 15) is 10.2 Å². The number of phenols is 1. The van der Waals surface area contributed by atoms with Crippen molar-refractivity contribution in [1.82, 2.24) is 4.90 Å². The molecule has 3 aliphatic carbocycles. The highest BCUT2D eigenvalue weighted by Gasteiger charge is 2.76. The topological polar surface area (TPSA) is 62.2 Å². The maximum absolute atomic E-state index is 12.1. The fourth-order valence-corrected chi connectivity index (χ4v) is 9.06. The van der Waals surface area contributed by atoms with E-state index in [0.717, 1.165) is 43.8 Å². The standard InChI is InChI=1S/C32H39NO4/c1-5-31-18-30(3,27(35)21-10-6-19(2)7-11-21)28(36-4)29-32(31)14-15-33(17-20-8-9-20)24(31)16-22-12-13-23(34)26(37-29)25(22)32/h5-7,10-13,20,24,27-29,34-35H,1,8-9,14-18H2,2-4H3/t24-,27-,28?,29+,30+,31-,32+/m0/s1. The zero-order valence-electron chi connectivity index (χ0n) is 22.2. The highest BCUT2D eigenvalue weighted by molar-refractivity contribution is 5.63. The number of phenolic OH excluding ortho intramolecular Hbond substituents is 1. The number of likely N-dealkylation sites (tertiary alicyclic amines) is 1. The minimum Gasteiger partial charge on any atom is -0.504 e. The van der Waals surface area contributed by atoms with Crippen LogP contribution in [0.3, 0.4) is 0 Å². The molecular weight excluding hydrogens is 462 g/mol. The Labute approximate surface area is 220 Å². The number of methoxy groups -OCH3 is 1. The molecule has 7 rings (SSSR count). The van der Waals surface area contributed by atoms with Gasteiger partial charge in [0.25, 0.3) is 0 Å². The van der Waals surface area contributed by atoms with Crippen molar-refractivity contribution in [2.45, 2.75) is 75.7 Å². The van der Waals surface area contributed by atoms with Crippen molar-refractivity contribution in [3.63, 3.8) is 0 Å². The molecule has 2 aromatic carbocycles. The molecule has 5 nitrogen and oxygen atoms in total. The Morgan fingerprint density at radius 1 is 1.22 bits per heavy atom. The van der Waals surface area contributed by atoms with E-state index in [-0.39, 0.29) is 34.8 Å². The molecule has 1 unspecified atom stereocenters. The average molecular weight is 502 g/mol. The van der Waals surface area contributed by atoms with E-state index in [1.54, 1.807) is 13.2 Å². The van der Waals surface area contributed by atoms with Crippen LogP contribution in [0.1, 0.15) is 61.0 Å². The predicted octanol–water partition coefficient (Wildman–Crippen LogP) is 5.07. The summed E-state index contributed by atoms with van der Waals surface area (Å²) in [5.41, 5.74) is 3.26. The largest absolute Gasteiger partial charge is 0.504 e. The molecule has 5 heteroatoms. The highest BCUT2D eigenvalue weighted by Crippen LogP contribution is 2.73. The zero-order chi connectivity index (χ0) is 25.7. The zero-order valence-corrected chi connectivity index (χ0v) is 22.2. The van der Waals surface area contributed by atoms with E-state index in [4.69, 9.17) is 9.47 Å². The van der Waals surface area contributed by atoms with Crippen molar-refractivity contribution >= 4 is 0 Å². The maximum atomic E-state index is 12.1. The lowest BCUT2D eigenvalue weighted by Gasteiger charge is -2.69. The van der Waals surface area contributed by atoms with Crippen LogP contribution in [0.25, 0.3) is 0 Å². The molecular formula is C32H39NO4. The summed E-state index contributed by atoms with van der Waals surface area (Å²) in [6.07, 6.45) is 6.05. The Bertz CT molecular complexity index is 1250. The Balaban J connectivity index is 1.44. The second kappa shape index (κ2) is 7.84. The van der Waals surface area contributed by atoms with Gasteiger partial charge in [-0.2, -0.15) is 0 Å². The third-order valence-corrected chi connectivity index (χ3v) is 10.9. The van der Waals surface area contributed by atoms with Gasteiger partial charge in [0.05, 0.1) is 11.5 Å². The van der Waals surface area contributed by atoms with Gasteiger partial charge in [-0.25, -0.2) is 0 Å². The lowest BCUT2D eigenvalue weighted by atomic mass is 9.39. The van der Waals surface area contributed by atoms with Gasteiger partial charge in [0, 0.05) is 36.1 Å². The Kier molecular flexibility index (Phi) is 5.04. The fourth-order valence-electron chi connectivity index (χ4n) is 9.06. The van der Waals surface area contributed by atoms with E-state index < -0.39 is 11.5 Å². The Morgan fingerprint density at radius 3 is 2.65 bits per heavy atom. The van der Waals surface area contributed by atoms with Crippen LogP contribution in [0.5, 0.6) is 11.5 Å². The van der Waals surface area contributed by atoms with Gasteiger partial charge in [0.15, 0.2) is 11.5 Å².